The van der Waals surface area contributed by atoms with Gasteiger partial charge in [-0.05, 0) is 19.1 Å². The van der Waals surface area contributed by atoms with Crippen LogP contribution in [-0.4, -0.2) is 45.7 Å². The molecule has 2 aromatic rings. The molecule has 1 aromatic carbocycles. The van der Waals surface area contributed by atoms with Crippen LogP contribution in [-0.2, 0) is 16.1 Å². The first-order valence-electron chi connectivity index (χ1n) is 7.60. The molecular formula is C16H19N5O2. The molecule has 2 amide bonds. The van der Waals surface area contributed by atoms with Crippen molar-refractivity contribution in [3.63, 3.8) is 0 Å². The minimum atomic E-state index is -0.216. The molecule has 0 radical (unpaired) electrons. The minimum Gasteiger partial charge on any atom is -0.349 e. The fourth-order valence-electron chi connectivity index (χ4n) is 2.69. The second-order valence-corrected chi connectivity index (χ2v) is 5.52. The number of imidazole rings is 1. The third kappa shape index (κ3) is 3.08. The van der Waals surface area contributed by atoms with E-state index >= 15 is 0 Å². The van der Waals surface area contributed by atoms with Crippen LogP contribution < -0.4 is 5.32 Å². The summed E-state index contributed by atoms with van der Waals surface area (Å²) in [5.74, 6) is 0.634. The normalized spacial score (nSPS) is 15.0. The monoisotopic (exact) mass is 313 g/mol. The number of hydrogen-bond acceptors (Lipinski definition) is 4. The van der Waals surface area contributed by atoms with E-state index in [1.54, 1.807) is 7.05 Å². The van der Waals surface area contributed by atoms with Crippen LogP contribution in [0.2, 0.25) is 0 Å². The molecule has 7 nitrogen and oxygen atoms in total. The van der Waals surface area contributed by atoms with Crippen LogP contribution in [0.4, 0.5) is 0 Å². The van der Waals surface area contributed by atoms with Gasteiger partial charge in [-0.3, -0.25) is 9.59 Å². The van der Waals surface area contributed by atoms with Gasteiger partial charge in [-0.1, -0.05) is 12.1 Å². The standard InChI is InChI=1S/C16H19N5O2/c1-11-18-12-5-3-4-6-14(12)21(11)10-9-17-16(23)13-7-8-15(22)20(2)19-13/h3-6H,7-10H2,1-2H3,(H,17,23). The SMILES string of the molecule is Cc1nc2ccccc2n1CCNC(=O)C1=NN(C)C(=O)CC1. The predicted octanol–water partition coefficient (Wildman–Crippen LogP) is 1.07. The van der Waals surface area contributed by atoms with Gasteiger partial charge in [-0.15, -0.1) is 0 Å². The number of aryl methyl sites for hydroxylation is 1. The molecule has 0 saturated carbocycles. The second-order valence-electron chi connectivity index (χ2n) is 5.52. The Hall–Kier alpha value is -2.70. The fourth-order valence-corrected chi connectivity index (χ4v) is 2.69. The Morgan fingerprint density at radius 3 is 2.87 bits per heavy atom. The highest BCUT2D eigenvalue weighted by atomic mass is 16.2. The van der Waals surface area contributed by atoms with Crippen LogP contribution >= 0.6 is 0 Å². The number of carbonyl (C=O) groups is 2. The van der Waals surface area contributed by atoms with Crippen LogP contribution in [0.25, 0.3) is 11.0 Å². The first-order valence-corrected chi connectivity index (χ1v) is 7.60. The molecule has 2 heterocycles. The van der Waals surface area contributed by atoms with E-state index in [9.17, 15) is 9.59 Å². The molecule has 3 rings (SSSR count). The minimum absolute atomic E-state index is 0.0675. The molecule has 1 N–H and O–H groups in total. The van der Waals surface area contributed by atoms with Crippen molar-refractivity contribution in [3.8, 4) is 0 Å². The lowest BCUT2D eigenvalue weighted by molar-refractivity contribution is -0.130. The molecule has 23 heavy (non-hydrogen) atoms. The van der Waals surface area contributed by atoms with Crippen molar-refractivity contribution in [3.05, 3.63) is 30.1 Å². The van der Waals surface area contributed by atoms with Crippen LogP contribution in [0.3, 0.4) is 0 Å². The Balaban J connectivity index is 1.63. The number of aromatic nitrogens is 2. The quantitative estimate of drug-likeness (QED) is 0.917. The summed E-state index contributed by atoms with van der Waals surface area (Å²) in [5.41, 5.74) is 2.41. The van der Waals surface area contributed by atoms with Crippen molar-refractivity contribution in [1.82, 2.24) is 19.9 Å². The zero-order valence-electron chi connectivity index (χ0n) is 13.2. The predicted molar refractivity (Wildman–Crippen MR) is 86.9 cm³/mol. The van der Waals surface area contributed by atoms with Gasteiger partial charge < -0.3 is 9.88 Å². The lowest BCUT2D eigenvalue weighted by Crippen LogP contribution is -2.38. The van der Waals surface area contributed by atoms with Gasteiger partial charge in [0, 0.05) is 33.0 Å². The van der Waals surface area contributed by atoms with Crippen LogP contribution in [0, 0.1) is 6.92 Å². The summed E-state index contributed by atoms with van der Waals surface area (Å²) in [7, 11) is 1.57. The van der Waals surface area contributed by atoms with Crippen molar-refractivity contribution in [2.24, 2.45) is 5.10 Å². The average Bonchev–Trinajstić information content (AvgIpc) is 2.86. The van der Waals surface area contributed by atoms with Gasteiger partial charge in [0.2, 0.25) is 5.91 Å². The highest BCUT2D eigenvalue weighted by Gasteiger charge is 2.21. The molecule has 0 fully saturated rings. The van der Waals surface area contributed by atoms with E-state index in [-0.39, 0.29) is 11.8 Å². The maximum atomic E-state index is 12.1. The highest BCUT2D eigenvalue weighted by Crippen LogP contribution is 2.14. The van der Waals surface area contributed by atoms with Gasteiger partial charge in [0.1, 0.15) is 11.5 Å². The average molecular weight is 313 g/mol. The van der Waals surface area contributed by atoms with Gasteiger partial charge in [-0.25, -0.2) is 9.99 Å². The number of hydrogen-bond donors (Lipinski definition) is 1. The number of nitrogens with zero attached hydrogens (tertiary/aromatic N) is 4. The summed E-state index contributed by atoms with van der Waals surface area (Å²) in [6.45, 7) is 3.07. The Bertz CT molecular complexity index is 793. The van der Waals surface area contributed by atoms with Gasteiger partial charge >= 0.3 is 0 Å². The maximum Gasteiger partial charge on any atom is 0.267 e. The van der Waals surface area contributed by atoms with Gasteiger partial charge in [0.05, 0.1) is 11.0 Å². The van der Waals surface area contributed by atoms with Crippen molar-refractivity contribution in [2.75, 3.05) is 13.6 Å². The van der Waals surface area contributed by atoms with Gasteiger partial charge in [0.25, 0.3) is 5.91 Å². The Labute approximate surface area is 134 Å². The summed E-state index contributed by atoms with van der Waals surface area (Å²) < 4.78 is 2.08. The first kappa shape index (κ1) is 15.2. The summed E-state index contributed by atoms with van der Waals surface area (Å²) >= 11 is 0. The largest absolute Gasteiger partial charge is 0.349 e. The number of amides is 2. The van der Waals surface area contributed by atoms with E-state index in [1.807, 2.05) is 31.2 Å². The highest BCUT2D eigenvalue weighted by molar-refractivity contribution is 6.39. The number of benzene rings is 1. The maximum absolute atomic E-state index is 12.1. The van der Waals surface area contributed by atoms with E-state index in [0.717, 1.165) is 16.9 Å². The number of para-hydroxylation sites is 2. The Kier molecular flexibility index (Phi) is 4.10. The Morgan fingerprint density at radius 1 is 1.30 bits per heavy atom. The number of carbonyl (C=O) groups excluding carboxylic acids is 2. The molecule has 1 aliphatic rings. The Morgan fingerprint density at radius 2 is 2.09 bits per heavy atom. The molecule has 7 heteroatoms. The third-order valence-corrected chi connectivity index (χ3v) is 3.94. The number of hydrazone groups is 1. The first-order chi connectivity index (χ1) is 11.1. The van der Waals surface area contributed by atoms with Crippen LogP contribution in [0.5, 0.6) is 0 Å². The van der Waals surface area contributed by atoms with Crippen LogP contribution in [0.1, 0.15) is 18.7 Å². The number of rotatable bonds is 4. The van der Waals surface area contributed by atoms with E-state index in [0.29, 0.717) is 31.6 Å². The van der Waals surface area contributed by atoms with Crippen molar-refractivity contribution < 1.29 is 9.59 Å². The van der Waals surface area contributed by atoms with Crippen molar-refractivity contribution in [1.29, 1.82) is 0 Å². The van der Waals surface area contributed by atoms with E-state index < -0.39 is 0 Å². The summed E-state index contributed by atoms with van der Waals surface area (Å²) in [6, 6.07) is 7.92. The van der Waals surface area contributed by atoms with Crippen molar-refractivity contribution >= 4 is 28.6 Å². The van der Waals surface area contributed by atoms with Crippen molar-refractivity contribution in [2.45, 2.75) is 26.3 Å². The fraction of sp³-hybridized carbons (Fsp3) is 0.375. The molecule has 1 aliphatic heterocycles. The molecule has 0 saturated heterocycles. The van der Waals surface area contributed by atoms with E-state index in [2.05, 4.69) is 20.0 Å². The molecule has 0 atom stereocenters. The lowest BCUT2D eigenvalue weighted by Gasteiger charge is -2.19. The summed E-state index contributed by atoms with van der Waals surface area (Å²) in [5, 5.41) is 8.11. The molecule has 0 unspecified atom stereocenters. The lowest BCUT2D eigenvalue weighted by atomic mass is 10.1. The van der Waals surface area contributed by atoms with Crippen LogP contribution in [0.15, 0.2) is 29.4 Å². The summed E-state index contributed by atoms with van der Waals surface area (Å²) in [6.07, 6.45) is 0.718. The zero-order chi connectivity index (χ0) is 16.4. The third-order valence-electron chi connectivity index (χ3n) is 3.94. The molecule has 120 valence electrons. The second kappa shape index (κ2) is 6.20. The zero-order valence-corrected chi connectivity index (χ0v) is 13.2. The summed E-state index contributed by atoms with van der Waals surface area (Å²) in [4.78, 5) is 28.0. The van der Waals surface area contributed by atoms with Gasteiger partial charge in [-0.2, -0.15) is 5.10 Å². The molecule has 0 aliphatic carbocycles. The molecule has 0 bridgehead atoms. The molecule has 0 spiro atoms. The topological polar surface area (TPSA) is 79.6 Å². The smallest absolute Gasteiger partial charge is 0.267 e. The molecular weight excluding hydrogens is 294 g/mol. The number of nitrogens with one attached hydrogen (secondary N) is 1. The van der Waals surface area contributed by atoms with E-state index in [1.165, 1.54) is 5.01 Å². The number of fused-ring (bicyclic) bond motifs is 1. The molecule has 1 aromatic heterocycles. The van der Waals surface area contributed by atoms with E-state index in [4.69, 9.17) is 0 Å². The van der Waals surface area contributed by atoms with Gasteiger partial charge in [0.15, 0.2) is 0 Å².